The summed E-state index contributed by atoms with van der Waals surface area (Å²) in [5.74, 6) is 0. The topological polar surface area (TPSA) is 27.0 Å². The fourth-order valence-corrected chi connectivity index (χ4v) is 1.37. The molecule has 2 heteroatoms. The average Bonchev–Trinajstić information content (AvgIpc) is 2.32. The Morgan fingerprint density at radius 3 is 2.08 bits per heavy atom. The van der Waals surface area contributed by atoms with Gasteiger partial charge in [-0.1, -0.05) is 27.7 Å². The second-order valence-electron chi connectivity index (χ2n) is 3.71. The first-order valence-corrected chi connectivity index (χ1v) is 4.74. The van der Waals surface area contributed by atoms with Crippen molar-refractivity contribution in [3.8, 4) is 6.19 Å². The summed E-state index contributed by atoms with van der Waals surface area (Å²) in [6.07, 6.45) is 3.34. The molecule has 1 fully saturated rings. The summed E-state index contributed by atoms with van der Waals surface area (Å²) in [6, 6.07) is 0.414. The van der Waals surface area contributed by atoms with E-state index in [9.17, 15) is 0 Å². The smallest absolute Gasteiger partial charge is 0.179 e. The lowest BCUT2D eigenvalue weighted by molar-refractivity contribution is 0.259. The minimum atomic E-state index is 0.329. The fourth-order valence-electron chi connectivity index (χ4n) is 1.37. The molecule has 1 unspecified atom stereocenters. The van der Waals surface area contributed by atoms with Gasteiger partial charge in [-0.2, -0.15) is 5.26 Å². The molecule has 12 heavy (non-hydrogen) atoms. The molecule has 0 aromatic heterocycles. The van der Waals surface area contributed by atoms with Crippen molar-refractivity contribution in [3.05, 3.63) is 0 Å². The Balaban J connectivity index is 0.000000561. The van der Waals surface area contributed by atoms with E-state index in [0.29, 0.717) is 11.5 Å². The van der Waals surface area contributed by atoms with Crippen LogP contribution in [0.1, 0.15) is 41.0 Å². The van der Waals surface area contributed by atoms with Crippen molar-refractivity contribution in [3.63, 3.8) is 0 Å². The molecule has 0 spiro atoms. The van der Waals surface area contributed by atoms with E-state index < -0.39 is 0 Å². The van der Waals surface area contributed by atoms with Gasteiger partial charge in [0.2, 0.25) is 0 Å². The van der Waals surface area contributed by atoms with Gasteiger partial charge >= 0.3 is 0 Å². The molecule has 0 radical (unpaired) electrons. The Morgan fingerprint density at radius 2 is 1.92 bits per heavy atom. The second kappa shape index (κ2) is 4.35. The summed E-state index contributed by atoms with van der Waals surface area (Å²) in [5.41, 5.74) is 0.329. The normalized spacial score (nSPS) is 25.7. The standard InChI is InChI=1S/C8H14N2.C2H6/c1-7-8(2,3)4-5-10(7)6-9;1-2/h7H,4-5H2,1-3H3;1-2H3. The molecule has 0 aromatic carbocycles. The number of hydrogen-bond acceptors (Lipinski definition) is 2. The van der Waals surface area contributed by atoms with Crippen molar-refractivity contribution in [2.45, 2.75) is 47.1 Å². The minimum absolute atomic E-state index is 0.329. The van der Waals surface area contributed by atoms with E-state index in [4.69, 9.17) is 5.26 Å². The third-order valence-electron chi connectivity index (χ3n) is 2.72. The fraction of sp³-hybridized carbons (Fsp3) is 0.900. The maximum atomic E-state index is 8.64. The van der Waals surface area contributed by atoms with Crippen molar-refractivity contribution in [2.75, 3.05) is 6.54 Å². The van der Waals surface area contributed by atoms with Gasteiger partial charge in [-0.3, -0.25) is 0 Å². The molecule has 2 nitrogen and oxygen atoms in total. The molecule has 1 aliphatic rings. The van der Waals surface area contributed by atoms with E-state index in [1.165, 1.54) is 0 Å². The van der Waals surface area contributed by atoms with Crippen LogP contribution in [0.4, 0.5) is 0 Å². The van der Waals surface area contributed by atoms with E-state index in [0.717, 1.165) is 13.0 Å². The quantitative estimate of drug-likeness (QED) is 0.520. The first-order valence-electron chi connectivity index (χ1n) is 4.74. The highest BCUT2D eigenvalue weighted by molar-refractivity contribution is 4.95. The summed E-state index contributed by atoms with van der Waals surface area (Å²) in [5, 5.41) is 8.64. The van der Waals surface area contributed by atoms with Crippen LogP contribution in [0, 0.1) is 16.9 Å². The maximum Gasteiger partial charge on any atom is 0.179 e. The van der Waals surface area contributed by atoms with Crippen LogP contribution >= 0.6 is 0 Å². The lowest BCUT2D eigenvalue weighted by Gasteiger charge is -2.25. The van der Waals surface area contributed by atoms with Crippen LogP contribution in [-0.4, -0.2) is 17.5 Å². The molecule has 0 saturated carbocycles. The molecule has 0 aliphatic carbocycles. The lowest BCUT2D eigenvalue weighted by atomic mass is 9.86. The highest BCUT2D eigenvalue weighted by Gasteiger charge is 2.36. The lowest BCUT2D eigenvalue weighted by Crippen LogP contribution is -2.30. The van der Waals surface area contributed by atoms with Crippen LogP contribution in [0.25, 0.3) is 0 Å². The Labute approximate surface area is 76.2 Å². The maximum absolute atomic E-state index is 8.64. The molecule has 0 N–H and O–H groups in total. The van der Waals surface area contributed by atoms with Crippen LogP contribution in [0.5, 0.6) is 0 Å². The second-order valence-corrected chi connectivity index (χ2v) is 3.71. The molecule has 1 heterocycles. The number of hydrogen-bond donors (Lipinski definition) is 0. The highest BCUT2D eigenvalue weighted by Crippen LogP contribution is 2.34. The molecular weight excluding hydrogens is 148 g/mol. The van der Waals surface area contributed by atoms with Gasteiger partial charge in [0.25, 0.3) is 0 Å². The summed E-state index contributed by atoms with van der Waals surface area (Å²) in [7, 11) is 0. The average molecular weight is 168 g/mol. The van der Waals surface area contributed by atoms with E-state index >= 15 is 0 Å². The predicted molar refractivity (Wildman–Crippen MR) is 51.5 cm³/mol. The summed E-state index contributed by atoms with van der Waals surface area (Å²) < 4.78 is 0. The third kappa shape index (κ3) is 2.14. The number of nitriles is 1. The van der Waals surface area contributed by atoms with E-state index in [1.54, 1.807) is 0 Å². The van der Waals surface area contributed by atoms with Crippen molar-refractivity contribution in [2.24, 2.45) is 5.41 Å². The Morgan fingerprint density at radius 1 is 1.42 bits per heavy atom. The van der Waals surface area contributed by atoms with Crippen molar-refractivity contribution < 1.29 is 0 Å². The van der Waals surface area contributed by atoms with Crippen molar-refractivity contribution in [1.29, 1.82) is 5.26 Å². The van der Waals surface area contributed by atoms with Gasteiger partial charge in [-0.25, -0.2) is 0 Å². The Bertz CT molecular complexity index is 167. The van der Waals surface area contributed by atoms with Crippen molar-refractivity contribution >= 4 is 0 Å². The Kier molecular flexibility index (Phi) is 4.09. The molecule has 1 saturated heterocycles. The van der Waals surface area contributed by atoms with Gasteiger partial charge in [0.05, 0.1) is 0 Å². The first kappa shape index (κ1) is 11.3. The zero-order chi connectivity index (χ0) is 9.78. The molecule has 1 rings (SSSR count). The molecule has 1 aliphatic heterocycles. The largest absolute Gasteiger partial charge is 0.307 e. The minimum Gasteiger partial charge on any atom is -0.307 e. The molecule has 0 aromatic rings. The summed E-state index contributed by atoms with van der Waals surface area (Å²) in [4.78, 5) is 1.86. The van der Waals surface area contributed by atoms with Crippen molar-refractivity contribution in [1.82, 2.24) is 4.90 Å². The highest BCUT2D eigenvalue weighted by atomic mass is 15.2. The molecule has 70 valence electrons. The van der Waals surface area contributed by atoms with Gasteiger partial charge in [0.15, 0.2) is 6.19 Å². The van der Waals surface area contributed by atoms with E-state index in [-0.39, 0.29) is 0 Å². The monoisotopic (exact) mass is 168 g/mol. The van der Waals surface area contributed by atoms with Crippen LogP contribution in [-0.2, 0) is 0 Å². The van der Waals surface area contributed by atoms with Crippen LogP contribution in [0.3, 0.4) is 0 Å². The first-order chi connectivity index (χ1) is 5.58. The zero-order valence-corrected chi connectivity index (χ0v) is 8.89. The molecule has 0 bridgehead atoms. The van der Waals surface area contributed by atoms with Gasteiger partial charge < -0.3 is 4.90 Å². The number of nitrogens with zero attached hydrogens (tertiary/aromatic N) is 2. The Hall–Kier alpha value is -0.710. The summed E-state index contributed by atoms with van der Waals surface area (Å²) in [6.45, 7) is 11.5. The van der Waals surface area contributed by atoms with Crippen LogP contribution < -0.4 is 0 Å². The van der Waals surface area contributed by atoms with Gasteiger partial charge in [0.1, 0.15) is 0 Å². The predicted octanol–water partition coefficient (Wildman–Crippen LogP) is 2.61. The van der Waals surface area contributed by atoms with Crippen LogP contribution in [0.15, 0.2) is 0 Å². The molecule has 1 atom stereocenters. The van der Waals surface area contributed by atoms with Gasteiger partial charge in [-0.15, -0.1) is 0 Å². The van der Waals surface area contributed by atoms with Gasteiger partial charge in [-0.05, 0) is 18.8 Å². The van der Waals surface area contributed by atoms with Gasteiger partial charge in [0, 0.05) is 12.6 Å². The number of rotatable bonds is 0. The SMILES string of the molecule is CC.CC1N(C#N)CCC1(C)C. The number of likely N-dealkylation sites (tertiary alicyclic amines) is 1. The summed E-state index contributed by atoms with van der Waals surface area (Å²) >= 11 is 0. The molecular formula is C10H20N2. The van der Waals surface area contributed by atoms with E-state index in [1.807, 2.05) is 18.7 Å². The van der Waals surface area contributed by atoms with E-state index in [2.05, 4.69) is 27.0 Å². The zero-order valence-electron chi connectivity index (χ0n) is 8.89. The third-order valence-corrected chi connectivity index (χ3v) is 2.72. The molecule has 0 amide bonds. The van der Waals surface area contributed by atoms with Crippen LogP contribution in [0.2, 0.25) is 0 Å².